The molecule has 3 N–H and O–H groups in total. The highest BCUT2D eigenvalue weighted by atomic mass is 32.1. The lowest BCUT2D eigenvalue weighted by Crippen LogP contribution is -2.40. The van der Waals surface area contributed by atoms with E-state index in [1.54, 1.807) is 54.7 Å². The Bertz CT molecular complexity index is 916. The third-order valence-corrected chi connectivity index (χ3v) is 4.39. The molecule has 0 bridgehead atoms. The molecule has 0 saturated heterocycles. The van der Waals surface area contributed by atoms with Gasteiger partial charge in [0.15, 0.2) is 0 Å². The van der Waals surface area contributed by atoms with Gasteiger partial charge in [-0.1, -0.05) is 18.2 Å². The first-order valence-corrected chi connectivity index (χ1v) is 8.21. The predicted octanol–water partition coefficient (Wildman–Crippen LogP) is 3.36. The molecule has 0 aliphatic heterocycles. The van der Waals surface area contributed by atoms with Crippen molar-refractivity contribution in [3.05, 3.63) is 77.2 Å². The number of aromatic amines is 1. The molecule has 0 radical (unpaired) electrons. The summed E-state index contributed by atoms with van der Waals surface area (Å²) in [6.07, 6.45) is 4.51. The van der Waals surface area contributed by atoms with Crippen LogP contribution in [0.5, 0.6) is 0 Å². The van der Waals surface area contributed by atoms with E-state index in [0.717, 1.165) is 9.75 Å². The molecule has 1 aromatic carbocycles. The van der Waals surface area contributed by atoms with Crippen LogP contribution in [0.3, 0.4) is 0 Å². The van der Waals surface area contributed by atoms with Crippen molar-refractivity contribution >= 4 is 29.2 Å². The van der Waals surface area contributed by atoms with Gasteiger partial charge in [0.1, 0.15) is 11.5 Å². The van der Waals surface area contributed by atoms with Gasteiger partial charge in [-0.15, -0.1) is 11.3 Å². The standard InChI is InChI=1S/C18H14FN3O2S/c19-14-5-2-1-4-13(14)16-9-7-12(25-16)8-10-17(23)21-22-18(24)15-6-3-11-20-15/h1-11,20H,(H,21,23)(H,22,24)/b10-8+. The first kappa shape index (κ1) is 16.7. The summed E-state index contributed by atoms with van der Waals surface area (Å²) in [6.45, 7) is 0. The summed E-state index contributed by atoms with van der Waals surface area (Å²) in [7, 11) is 0. The van der Waals surface area contributed by atoms with Crippen molar-refractivity contribution in [3.63, 3.8) is 0 Å². The highest BCUT2D eigenvalue weighted by Gasteiger charge is 2.07. The van der Waals surface area contributed by atoms with Gasteiger partial charge in [0.25, 0.3) is 11.8 Å². The quantitative estimate of drug-likeness (QED) is 0.496. The number of hydrogen-bond donors (Lipinski definition) is 3. The number of benzene rings is 1. The highest BCUT2D eigenvalue weighted by molar-refractivity contribution is 7.16. The fourth-order valence-electron chi connectivity index (χ4n) is 2.10. The molecule has 25 heavy (non-hydrogen) atoms. The summed E-state index contributed by atoms with van der Waals surface area (Å²) in [5.74, 6) is -1.20. The van der Waals surface area contributed by atoms with Crippen molar-refractivity contribution < 1.29 is 14.0 Å². The minimum absolute atomic E-state index is 0.287. The fourth-order valence-corrected chi connectivity index (χ4v) is 3.04. The molecular weight excluding hydrogens is 341 g/mol. The monoisotopic (exact) mass is 355 g/mol. The van der Waals surface area contributed by atoms with E-state index in [1.807, 2.05) is 0 Å². The Morgan fingerprint density at radius 2 is 1.88 bits per heavy atom. The summed E-state index contributed by atoms with van der Waals surface area (Å²) in [6, 6.07) is 13.4. The van der Waals surface area contributed by atoms with Crippen molar-refractivity contribution in [2.75, 3.05) is 0 Å². The summed E-state index contributed by atoms with van der Waals surface area (Å²) >= 11 is 1.37. The minimum atomic E-state index is -0.472. The van der Waals surface area contributed by atoms with Gasteiger partial charge in [0.05, 0.1) is 0 Å². The molecule has 2 heterocycles. The molecule has 2 amide bonds. The maximum atomic E-state index is 13.8. The van der Waals surface area contributed by atoms with E-state index in [1.165, 1.54) is 23.5 Å². The van der Waals surface area contributed by atoms with Crippen LogP contribution in [-0.4, -0.2) is 16.8 Å². The molecule has 3 rings (SSSR count). The topological polar surface area (TPSA) is 74.0 Å². The maximum Gasteiger partial charge on any atom is 0.286 e. The normalized spacial score (nSPS) is 10.8. The Morgan fingerprint density at radius 1 is 1.04 bits per heavy atom. The van der Waals surface area contributed by atoms with E-state index in [4.69, 9.17) is 0 Å². The highest BCUT2D eigenvalue weighted by Crippen LogP contribution is 2.30. The van der Waals surface area contributed by atoms with Crippen LogP contribution < -0.4 is 10.9 Å². The number of H-pyrrole nitrogens is 1. The molecule has 3 aromatic rings. The lowest BCUT2D eigenvalue weighted by molar-refractivity contribution is -0.117. The van der Waals surface area contributed by atoms with E-state index in [0.29, 0.717) is 11.3 Å². The number of halogens is 1. The average Bonchev–Trinajstić information content (AvgIpc) is 3.30. The fraction of sp³-hybridized carbons (Fsp3) is 0. The van der Waals surface area contributed by atoms with Gasteiger partial charge in [0, 0.05) is 27.6 Å². The molecule has 0 aliphatic carbocycles. The Labute approximate surface area is 147 Å². The van der Waals surface area contributed by atoms with Crippen molar-refractivity contribution in [1.29, 1.82) is 0 Å². The van der Waals surface area contributed by atoms with Crippen molar-refractivity contribution in [2.45, 2.75) is 0 Å². The van der Waals surface area contributed by atoms with E-state index in [-0.39, 0.29) is 5.82 Å². The van der Waals surface area contributed by atoms with Crippen LogP contribution in [0.1, 0.15) is 15.4 Å². The second-order valence-electron chi connectivity index (χ2n) is 5.04. The molecule has 0 unspecified atom stereocenters. The van der Waals surface area contributed by atoms with E-state index < -0.39 is 11.8 Å². The molecule has 2 aromatic heterocycles. The zero-order valence-electron chi connectivity index (χ0n) is 13.0. The Hall–Kier alpha value is -3.19. The van der Waals surface area contributed by atoms with E-state index in [9.17, 15) is 14.0 Å². The predicted molar refractivity (Wildman–Crippen MR) is 95.1 cm³/mol. The second-order valence-corrected chi connectivity index (χ2v) is 6.16. The van der Waals surface area contributed by atoms with E-state index in [2.05, 4.69) is 15.8 Å². The summed E-state index contributed by atoms with van der Waals surface area (Å²) in [5.41, 5.74) is 5.45. The van der Waals surface area contributed by atoms with Crippen LogP contribution in [0.15, 0.2) is 60.8 Å². The molecule has 7 heteroatoms. The zero-order chi connectivity index (χ0) is 17.6. The Kier molecular flexibility index (Phi) is 5.06. The van der Waals surface area contributed by atoms with Gasteiger partial charge in [-0.3, -0.25) is 20.4 Å². The van der Waals surface area contributed by atoms with Gasteiger partial charge < -0.3 is 4.98 Å². The molecule has 126 valence electrons. The number of carbonyl (C=O) groups is 2. The lowest BCUT2D eigenvalue weighted by atomic mass is 10.2. The van der Waals surface area contributed by atoms with E-state index >= 15 is 0 Å². The molecule has 5 nitrogen and oxygen atoms in total. The average molecular weight is 355 g/mol. The molecule has 0 spiro atoms. The Morgan fingerprint density at radius 3 is 2.64 bits per heavy atom. The number of hydrogen-bond acceptors (Lipinski definition) is 3. The maximum absolute atomic E-state index is 13.8. The van der Waals surface area contributed by atoms with Crippen LogP contribution in [0.25, 0.3) is 16.5 Å². The van der Waals surface area contributed by atoms with Crippen LogP contribution in [0.4, 0.5) is 4.39 Å². The summed E-state index contributed by atoms with van der Waals surface area (Å²) < 4.78 is 13.8. The van der Waals surface area contributed by atoms with Gasteiger partial charge in [0.2, 0.25) is 0 Å². The van der Waals surface area contributed by atoms with Crippen molar-refractivity contribution in [3.8, 4) is 10.4 Å². The second kappa shape index (κ2) is 7.59. The number of rotatable bonds is 4. The third kappa shape index (κ3) is 4.21. The molecule has 0 saturated carbocycles. The van der Waals surface area contributed by atoms with Crippen LogP contribution in [0.2, 0.25) is 0 Å². The van der Waals surface area contributed by atoms with Gasteiger partial charge >= 0.3 is 0 Å². The summed E-state index contributed by atoms with van der Waals surface area (Å²) in [4.78, 5) is 27.7. The number of thiophene rings is 1. The van der Waals surface area contributed by atoms with Gasteiger partial charge in [-0.25, -0.2) is 4.39 Å². The minimum Gasteiger partial charge on any atom is -0.357 e. The third-order valence-electron chi connectivity index (χ3n) is 3.31. The van der Waals surface area contributed by atoms with Crippen molar-refractivity contribution in [1.82, 2.24) is 15.8 Å². The number of carbonyl (C=O) groups excluding carboxylic acids is 2. The molecule has 0 fully saturated rings. The first-order chi connectivity index (χ1) is 12.1. The summed E-state index contributed by atoms with van der Waals surface area (Å²) in [5, 5.41) is 0. The van der Waals surface area contributed by atoms with Gasteiger partial charge in [-0.05, 0) is 36.4 Å². The first-order valence-electron chi connectivity index (χ1n) is 7.40. The Balaban J connectivity index is 1.58. The largest absolute Gasteiger partial charge is 0.357 e. The lowest BCUT2D eigenvalue weighted by Gasteiger charge is -2.03. The number of amides is 2. The SMILES string of the molecule is O=C(/C=C/c1ccc(-c2ccccc2F)s1)NNC(=O)c1ccc[nH]1. The zero-order valence-corrected chi connectivity index (χ0v) is 13.8. The smallest absolute Gasteiger partial charge is 0.286 e. The molecule has 0 atom stereocenters. The van der Waals surface area contributed by atoms with Crippen LogP contribution in [-0.2, 0) is 4.79 Å². The van der Waals surface area contributed by atoms with Crippen LogP contribution >= 0.6 is 11.3 Å². The van der Waals surface area contributed by atoms with Crippen LogP contribution in [0, 0.1) is 5.82 Å². The number of hydrazine groups is 1. The number of nitrogens with one attached hydrogen (secondary N) is 3. The molecular formula is C18H14FN3O2S. The van der Waals surface area contributed by atoms with Crippen molar-refractivity contribution in [2.24, 2.45) is 0 Å². The molecule has 0 aliphatic rings. The van der Waals surface area contributed by atoms with Gasteiger partial charge in [-0.2, -0.15) is 0 Å². The number of aromatic nitrogens is 1.